The molecule has 0 bridgehead atoms. The Hall–Kier alpha value is -2.04. The van der Waals surface area contributed by atoms with Gasteiger partial charge in [0.1, 0.15) is 11.5 Å². The predicted molar refractivity (Wildman–Crippen MR) is 61.6 cm³/mol. The Balaban J connectivity index is 2.30. The van der Waals surface area contributed by atoms with Gasteiger partial charge in [-0.25, -0.2) is 0 Å². The number of aromatic hydroxyl groups is 2. The van der Waals surface area contributed by atoms with Crippen molar-refractivity contribution in [1.29, 1.82) is 0 Å². The Morgan fingerprint density at radius 3 is 2.41 bits per heavy atom. The summed E-state index contributed by atoms with van der Waals surface area (Å²) < 4.78 is 5.08. The Morgan fingerprint density at radius 2 is 1.82 bits per heavy atom. The number of benzene rings is 1. The molecular weight excluding hydrogens is 220 g/mol. The average Bonchev–Trinajstić information content (AvgIpc) is 2.63. The predicted octanol–water partition coefficient (Wildman–Crippen LogP) is 2.35. The highest BCUT2D eigenvalue weighted by Crippen LogP contribution is 2.27. The molecule has 1 aromatic heterocycles. The lowest BCUT2D eigenvalue weighted by molar-refractivity contribution is 0.416. The number of phenols is 2. The zero-order valence-electron chi connectivity index (χ0n) is 9.71. The van der Waals surface area contributed by atoms with E-state index in [9.17, 15) is 10.2 Å². The highest BCUT2D eigenvalue weighted by atomic mass is 16.5. The second-order valence-electron chi connectivity index (χ2n) is 4.35. The van der Waals surface area contributed by atoms with Crippen LogP contribution in [0.1, 0.15) is 19.7 Å². The van der Waals surface area contributed by atoms with Gasteiger partial charge in [-0.15, -0.1) is 0 Å². The Morgan fingerprint density at radius 1 is 1.18 bits per heavy atom. The summed E-state index contributed by atoms with van der Waals surface area (Å²) in [6.45, 7) is 4.13. The Kier molecular flexibility index (Phi) is 2.99. The molecule has 5 heteroatoms. The van der Waals surface area contributed by atoms with E-state index < -0.39 is 0 Å². The summed E-state index contributed by atoms with van der Waals surface area (Å²) in [5.74, 6) is 1.29. The van der Waals surface area contributed by atoms with Gasteiger partial charge in [-0.1, -0.05) is 19.0 Å². The zero-order chi connectivity index (χ0) is 12.4. The molecule has 1 aromatic carbocycles. The van der Waals surface area contributed by atoms with Crippen LogP contribution in [0.3, 0.4) is 0 Å². The molecule has 0 radical (unpaired) electrons. The van der Waals surface area contributed by atoms with Crippen LogP contribution in [0, 0.1) is 5.92 Å². The maximum absolute atomic E-state index is 9.36. The molecule has 1 heterocycles. The van der Waals surface area contributed by atoms with E-state index in [-0.39, 0.29) is 11.5 Å². The molecule has 2 N–H and O–H groups in total. The SMILES string of the molecule is CC(C)Cc1noc(-c2cc(O)cc(O)c2)n1. The molecule has 0 fully saturated rings. The number of phenolic OH excluding ortho intramolecular Hbond substituents is 2. The van der Waals surface area contributed by atoms with E-state index in [1.54, 1.807) is 0 Å². The van der Waals surface area contributed by atoms with Gasteiger partial charge in [-0.2, -0.15) is 4.98 Å². The minimum Gasteiger partial charge on any atom is -0.508 e. The average molecular weight is 234 g/mol. The van der Waals surface area contributed by atoms with E-state index in [2.05, 4.69) is 24.0 Å². The second kappa shape index (κ2) is 4.45. The molecule has 0 aliphatic heterocycles. The molecule has 2 rings (SSSR count). The molecule has 0 spiro atoms. The van der Waals surface area contributed by atoms with Gasteiger partial charge in [0.15, 0.2) is 5.82 Å². The summed E-state index contributed by atoms with van der Waals surface area (Å²) in [6.07, 6.45) is 0.730. The first kappa shape index (κ1) is 11.4. The van der Waals surface area contributed by atoms with Gasteiger partial charge in [-0.05, 0) is 18.1 Å². The van der Waals surface area contributed by atoms with Crippen molar-refractivity contribution in [3.63, 3.8) is 0 Å². The highest BCUT2D eigenvalue weighted by Gasteiger charge is 2.11. The van der Waals surface area contributed by atoms with Crippen LogP contribution in [-0.4, -0.2) is 20.4 Å². The summed E-state index contributed by atoms with van der Waals surface area (Å²) in [6, 6.07) is 4.17. The molecule has 0 aliphatic rings. The van der Waals surface area contributed by atoms with Gasteiger partial charge in [-0.3, -0.25) is 0 Å². The van der Waals surface area contributed by atoms with Crippen molar-refractivity contribution < 1.29 is 14.7 Å². The van der Waals surface area contributed by atoms with Crippen LogP contribution in [0.2, 0.25) is 0 Å². The van der Waals surface area contributed by atoms with E-state index in [0.29, 0.717) is 23.2 Å². The van der Waals surface area contributed by atoms with Crippen molar-refractivity contribution in [3.8, 4) is 23.0 Å². The first-order valence-electron chi connectivity index (χ1n) is 5.40. The summed E-state index contributed by atoms with van der Waals surface area (Å²) in [7, 11) is 0. The highest BCUT2D eigenvalue weighted by molar-refractivity contribution is 5.58. The third kappa shape index (κ3) is 2.75. The van der Waals surface area contributed by atoms with Crippen molar-refractivity contribution >= 4 is 0 Å². The van der Waals surface area contributed by atoms with Crippen molar-refractivity contribution in [2.75, 3.05) is 0 Å². The standard InChI is InChI=1S/C12H14N2O3/c1-7(2)3-11-13-12(17-14-11)8-4-9(15)6-10(16)5-8/h4-7,15-16H,3H2,1-2H3. The van der Waals surface area contributed by atoms with Crippen LogP contribution in [0.4, 0.5) is 0 Å². The van der Waals surface area contributed by atoms with Crippen molar-refractivity contribution in [2.24, 2.45) is 5.92 Å². The monoisotopic (exact) mass is 234 g/mol. The maximum Gasteiger partial charge on any atom is 0.258 e. The molecule has 90 valence electrons. The quantitative estimate of drug-likeness (QED) is 0.852. The number of rotatable bonds is 3. The lowest BCUT2D eigenvalue weighted by Gasteiger charge is -1.98. The third-order valence-electron chi connectivity index (χ3n) is 2.21. The van der Waals surface area contributed by atoms with Gasteiger partial charge in [0.05, 0.1) is 0 Å². The maximum atomic E-state index is 9.36. The van der Waals surface area contributed by atoms with Gasteiger partial charge >= 0.3 is 0 Å². The first-order valence-corrected chi connectivity index (χ1v) is 5.40. The molecule has 0 saturated carbocycles. The van der Waals surface area contributed by atoms with Crippen LogP contribution >= 0.6 is 0 Å². The van der Waals surface area contributed by atoms with Gasteiger partial charge in [0.25, 0.3) is 5.89 Å². The van der Waals surface area contributed by atoms with Crippen LogP contribution in [-0.2, 0) is 6.42 Å². The normalized spacial score (nSPS) is 11.0. The summed E-state index contributed by atoms with van der Waals surface area (Å²) in [4.78, 5) is 4.20. The largest absolute Gasteiger partial charge is 0.508 e. The fourth-order valence-electron chi connectivity index (χ4n) is 1.54. The second-order valence-corrected chi connectivity index (χ2v) is 4.35. The van der Waals surface area contributed by atoms with E-state index in [4.69, 9.17) is 4.52 Å². The van der Waals surface area contributed by atoms with Crippen LogP contribution in [0.25, 0.3) is 11.5 Å². The van der Waals surface area contributed by atoms with Crippen molar-refractivity contribution in [2.45, 2.75) is 20.3 Å². The zero-order valence-corrected chi connectivity index (χ0v) is 9.71. The lowest BCUT2D eigenvalue weighted by atomic mass is 10.1. The van der Waals surface area contributed by atoms with Gasteiger partial charge in [0.2, 0.25) is 0 Å². The fourth-order valence-corrected chi connectivity index (χ4v) is 1.54. The summed E-state index contributed by atoms with van der Waals surface area (Å²) in [5, 5.41) is 22.6. The molecule has 2 aromatic rings. The van der Waals surface area contributed by atoms with E-state index in [1.807, 2.05) is 0 Å². The van der Waals surface area contributed by atoms with Crippen LogP contribution in [0.5, 0.6) is 11.5 Å². The van der Waals surface area contributed by atoms with Crippen LogP contribution < -0.4 is 0 Å². The molecule has 0 atom stereocenters. The molecule has 0 unspecified atom stereocenters. The Bertz CT molecular complexity index is 500. The number of hydrogen-bond acceptors (Lipinski definition) is 5. The minimum absolute atomic E-state index is 0.0383. The summed E-state index contributed by atoms with van der Waals surface area (Å²) in [5.41, 5.74) is 0.505. The first-order chi connectivity index (χ1) is 8.04. The minimum atomic E-state index is -0.0383. The van der Waals surface area contributed by atoms with E-state index in [0.717, 1.165) is 6.42 Å². The topological polar surface area (TPSA) is 79.4 Å². The van der Waals surface area contributed by atoms with Gasteiger partial charge in [0, 0.05) is 18.1 Å². The summed E-state index contributed by atoms with van der Waals surface area (Å²) >= 11 is 0. The van der Waals surface area contributed by atoms with Crippen molar-refractivity contribution in [1.82, 2.24) is 10.1 Å². The Labute approximate surface area is 98.7 Å². The number of hydrogen-bond donors (Lipinski definition) is 2. The lowest BCUT2D eigenvalue weighted by Crippen LogP contribution is -1.95. The molecule has 0 aliphatic carbocycles. The fraction of sp³-hybridized carbons (Fsp3) is 0.333. The molecule has 5 nitrogen and oxygen atoms in total. The smallest absolute Gasteiger partial charge is 0.258 e. The van der Waals surface area contributed by atoms with E-state index in [1.165, 1.54) is 18.2 Å². The molecule has 0 saturated heterocycles. The number of nitrogens with zero attached hydrogens (tertiary/aromatic N) is 2. The number of aromatic nitrogens is 2. The third-order valence-corrected chi connectivity index (χ3v) is 2.21. The van der Waals surface area contributed by atoms with Crippen LogP contribution in [0.15, 0.2) is 22.7 Å². The molecule has 0 amide bonds. The van der Waals surface area contributed by atoms with E-state index >= 15 is 0 Å². The van der Waals surface area contributed by atoms with Crippen molar-refractivity contribution in [3.05, 3.63) is 24.0 Å². The molecular formula is C12H14N2O3. The molecule has 17 heavy (non-hydrogen) atoms. The van der Waals surface area contributed by atoms with Gasteiger partial charge < -0.3 is 14.7 Å².